The molecular formula is C20H21N5O2. The lowest BCUT2D eigenvalue weighted by molar-refractivity contribution is 0.102. The Morgan fingerprint density at radius 3 is 2.59 bits per heavy atom. The van der Waals surface area contributed by atoms with E-state index in [1.807, 2.05) is 24.3 Å². The van der Waals surface area contributed by atoms with Gasteiger partial charge in [-0.2, -0.15) is 0 Å². The summed E-state index contributed by atoms with van der Waals surface area (Å²) < 4.78 is 2.22. The average molecular weight is 363 g/mol. The Hall–Kier alpha value is -3.22. The van der Waals surface area contributed by atoms with E-state index in [-0.39, 0.29) is 11.5 Å². The van der Waals surface area contributed by atoms with Crippen molar-refractivity contribution in [3.63, 3.8) is 0 Å². The summed E-state index contributed by atoms with van der Waals surface area (Å²) in [5.74, 6) is 1.66. The first-order chi connectivity index (χ1) is 13.2. The fraction of sp³-hybridized carbons (Fsp3) is 0.300. The van der Waals surface area contributed by atoms with Crippen LogP contribution < -0.4 is 10.9 Å². The molecule has 4 rings (SSSR count). The van der Waals surface area contributed by atoms with Crippen LogP contribution in [0.3, 0.4) is 0 Å². The molecule has 3 heterocycles. The number of pyridine rings is 1. The lowest BCUT2D eigenvalue weighted by atomic mass is 10.1. The molecule has 0 spiro atoms. The molecule has 2 aromatic heterocycles. The van der Waals surface area contributed by atoms with Crippen LogP contribution in [0.4, 0.5) is 5.69 Å². The average Bonchev–Trinajstić information content (AvgIpc) is 3.04. The molecule has 0 atom stereocenters. The van der Waals surface area contributed by atoms with Gasteiger partial charge in [-0.05, 0) is 43.2 Å². The number of nitrogens with one attached hydrogen (secondary N) is 2. The number of aromatic nitrogens is 4. The maximum absolute atomic E-state index is 12.2. The molecule has 7 nitrogen and oxygen atoms in total. The first-order valence-electron chi connectivity index (χ1n) is 9.23. The molecule has 0 saturated carbocycles. The fourth-order valence-corrected chi connectivity index (χ4v) is 3.33. The topological polar surface area (TPSA) is 92.7 Å². The zero-order valence-electron chi connectivity index (χ0n) is 14.9. The highest BCUT2D eigenvalue weighted by Crippen LogP contribution is 2.24. The van der Waals surface area contributed by atoms with Crippen LogP contribution in [0.25, 0.3) is 11.4 Å². The number of amides is 1. The molecule has 0 unspecified atom stereocenters. The van der Waals surface area contributed by atoms with E-state index in [1.54, 1.807) is 0 Å². The lowest BCUT2D eigenvalue weighted by Gasteiger charge is -2.13. The molecule has 0 bridgehead atoms. The van der Waals surface area contributed by atoms with E-state index < -0.39 is 0 Å². The molecular weight excluding hydrogens is 342 g/mol. The van der Waals surface area contributed by atoms with Gasteiger partial charge in [0.05, 0.1) is 5.56 Å². The van der Waals surface area contributed by atoms with Gasteiger partial charge in [-0.1, -0.05) is 12.8 Å². The minimum atomic E-state index is -0.272. The summed E-state index contributed by atoms with van der Waals surface area (Å²) >= 11 is 0. The lowest BCUT2D eigenvalue weighted by Crippen LogP contribution is -2.14. The van der Waals surface area contributed by atoms with Crippen LogP contribution in [0.15, 0.2) is 47.4 Å². The van der Waals surface area contributed by atoms with Crippen molar-refractivity contribution in [3.8, 4) is 11.4 Å². The van der Waals surface area contributed by atoms with E-state index in [2.05, 4.69) is 25.1 Å². The van der Waals surface area contributed by atoms with Crippen molar-refractivity contribution in [1.82, 2.24) is 19.7 Å². The number of hydrogen-bond acceptors (Lipinski definition) is 4. The number of aryl methyl sites for hydroxylation is 1. The number of nitrogens with zero attached hydrogens (tertiary/aromatic N) is 3. The highest BCUT2D eigenvalue weighted by Gasteiger charge is 2.15. The summed E-state index contributed by atoms with van der Waals surface area (Å²) in [5.41, 5.74) is 1.83. The second-order valence-corrected chi connectivity index (χ2v) is 6.73. The van der Waals surface area contributed by atoms with Gasteiger partial charge in [0, 0.05) is 36.5 Å². The number of benzene rings is 1. The van der Waals surface area contributed by atoms with Crippen LogP contribution in [0.2, 0.25) is 0 Å². The number of anilines is 1. The normalized spacial score (nSPS) is 14.1. The van der Waals surface area contributed by atoms with Crippen molar-refractivity contribution in [2.24, 2.45) is 0 Å². The maximum Gasteiger partial charge on any atom is 0.257 e. The van der Waals surface area contributed by atoms with Crippen LogP contribution in [-0.2, 0) is 13.0 Å². The number of rotatable bonds is 3. The first kappa shape index (κ1) is 17.2. The number of carbonyl (C=O) groups is 1. The minimum absolute atomic E-state index is 0.237. The van der Waals surface area contributed by atoms with Gasteiger partial charge < -0.3 is 14.9 Å². The minimum Gasteiger partial charge on any atom is -0.328 e. The quantitative estimate of drug-likeness (QED) is 0.748. The molecule has 2 N–H and O–H groups in total. The van der Waals surface area contributed by atoms with Crippen molar-refractivity contribution in [3.05, 3.63) is 64.3 Å². The zero-order chi connectivity index (χ0) is 18.6. The van der Waals surface area contributed by atoms with E-state index in [0.717, 1.165) is 43.0 Å². The number of fused-ring (bicyclic) bond motifs is 1. The van der Waals surface area contributed by atoms with Crippen LogP contribution in [0, 0.1) is 0 Å². The molecule has 3 aromatic rings. The van der Waals surface area contributed by atoms with E-state index in [1.165, 1.54) is 31.2 Å². The Kier molecular flexibility index (Phi) is 4.82. The standard InChI is InChI=1S/C20H21N5O2/c26-18-11-8-15(13-21-18)20(27)22-16-9-6-14(7-10-16)19-24-23-17-5-3-1-2-4-12-25(17)19/h6-11,13H,1-5,12H2,(H,21,26)(H,22,27). The zero-order valence-corrected chi connectivity index (χ0v) is 14.9. The van der Waals surface area contributed by atoms with Gasteiger partial charge in [-0.15, -0.1) is 10.2 Å². The van der Waals surface area contributed by atoms with Crippen LogP contribution >= 0.6 is 0 Å². The second-order valence-electron chi connectivity index (χ2n) is 6.73. The Bertz CT molecular complexity index is 983. The van der Waals surface area contributed by atoms with Crippen molar-refractivity contribution in [2.75, 3.05) is 5.32 Å². The number of hydrogen-bond donors (Lipinski definition) is 2. The molecule has 0 fully saturated rings. The Morgan fingerprint density at radius 1 is 1.00 bits per heavy atom. The molecule has 0 radical (unpaired) electrons. The Balaban J connectivity index is 1.52. The van der Waals surface area contributed by atoms with E-state index in [4.69, 9.17) is 0 Å². The smallest absolute Gasteiger partial charge is 0.257 e. The number of carbonyl (C=O) groups excluding carboxylic acids is 1. The summed E-state index contributed by atoms with van der Waals surface area (Å²) in [6.07, 6.45) is 7.18. The number of H-pyrrole nitrogens is 1. The van der Waals surface area contributed by atoms with Gasteiger partial charge in [-0.3, -0.25) is 9.59 Å². The third kappa shape index (κ3) is 3.81. The predicted octanol–water partition coefficient (Wildman–Crippen LogP) is 3.00. The van der Waals surface area contributed by atoms with Crippen LogP contribution in [0.5, 0.6) is 0 Å². The summed E-state index contributed by atoms with van der Waals surface area (Å²) in [4.78, 5) is 25.8. The Labute approximate surface area is 156 Å². The summed E-state index contributed by atoms with van der Waals surface area (Å²) in [7, 11) is 0. The van der Waals surface area contributed by atoms with E-state index in [9.17, 15) is 9.59 Å². The van der Waals surface area contributed by atoms with Gasteiger partial charge in [0.25, 0.3) is 5.91 Å². The maximum atomic E-state index is 12.2. The van der Waals surface area contributed by atoms with E-state index in [0.29, 0.717) is 11.3 Å². The van der Waals surface area contributed by atoms with Gasteiger partial charge >= 0.3 is 0 Å². The monoisotopic (exact) mass is 363 g/mol. The van der Waals surface area contributed by atoms with Crippen LogP contribution in [-0.4, -0.2) is 25.7 Å². The van der Waals surface area contributed by atoms with Crippen molar-refractivity contribution in [1.29, 1.82) is 0 Å². The first-order valence-corrected chi connectivity index (χ1v) is 9.23. The van der Waals surface area contributed by atoms with Gasteiger partial charge in [0.1, 0.15) is 5.82 Å². The third-order valence-electron chi connectivity index (χ3n) is 4.81. The SMILES string of the molecule is O=C(Nc1ccc(-c2nnc3n2CCCCCC3)cc1)c1ccc(=O)[nH]c1. The summed E-state index contributed by atoms with van der Waals surface area (Å²) in [6.45, 7) is 0.947. The van der Waals surface area contributed by atoms with Gasteiger partial charge in [0.2, 0.25) is 5.56 Å². The van der Waals surface area contributed by atoms with Crippen molar-refractivity contribution >= 4 is 11.6 Å². The summed E-state index contributed by atoms with van der Waals surface area (Å²) in [6, 6.07) is 10.4. The molecule has 27 heavy (non-hydrogen) atoms. The second kappa shape index (κ2) is 7.57. The molecule has 0 aliphatic carbocycles. The highest BCUT2D eigenvalue weighted by molar-refractivity contribution is 6.04. The van der Waals surface area contributed by atoms with Crippen molar-refractivity contribution < 1.29 is 4.79 Å². The molecule has 7 heteroatoms. The molecule has 1 amide bonds. The van der Waals surface area contributed by atoms with Gasteiger partial charge in [0.15, 0.2) is 5.82 Å². The van der Waals surface area contributed by atoms with Crippen LogP contribution in [0.1, 0.15) is 41.9 Å². The molecule has 1 aliphatic rings. The summed E-state index contributed by atoms with van der Waals surface area (Å²) in [5, 5.41) is 11.6. The third-order valence-corrected chi connectivity index (χ3v) is 4.81. The Morgan fingerprint density at radius 2 is 1.81 bits per heavy atom. The highest BCUT2D eigenvalue weighted by atomic mass is 16.1. The largest absolute Gasteiger partial charge is 0.328 e. The van der Waals surface area contributed by atoms with Crippen molar-refractivity contribution in [2.45, 2.75) is 38.6 Å². The number of aromatic amines is 1. The fourth-order valence-electron chi connectivity index (χ4n) is 3.33. The molecule has 0 saturated heterocycles. The molecule has 138 valence electrons. The molecule has 1 aromatic carbocycles. The molecule has 1 aliphatic heterocycles. The van der Waals surface area contributed by atoms with Gasteiger partial charge in [-0.25, -0.2) is 0 Å². The predicted molar refractivity (Wildman–Crippen MR) is 103 cm³/mol. The van der Waals surface area contributed by atoms with E-state index >= 15 is 0 Å².